The van der Waals surface area contributed by atoms with Crippen molar-refractivity contribution in [3.8, 4) is 11.5 Å². The van der Waals surface area contributed by atoms with Crippen molar-refractivity contribution in [2.24, 2.45) is 0 Å². The van der Waals surface area contributed by atoms with E-state index in [1.165, 1.54) is 13.0 Å². The lowest BCUT2D eigenvalue weighted by Crippen LogP contribution is -2.62. The number of aliphatic hydroxyl groups is 3. The number of aromatic hydroxyl groups is 2. The first-order chi connectivity index (χ1) is 22.8. The summed E-state index contributed by atoms with van der Waals surface area (Å²) in [6.07, 6.45) is -5.04. The summed E-state index contributed by atoms with van der Waals surface area (Å²) in [4.78, 5) is 42.8. The molecule has 2 saturated heterocycles. The number of anilines is 1. The summed E-state index contributed by atoms with van der Waals surface area (Å²) in [5.74, 6) is -3.33. The third-order valence-corrected chi connectivity index (χ3v) is 10.2. The van der Waals surface area contributed by atoms with Crippen molar-refractivity contribution in [2.45, 2.75) is 88.6 Å². The summed E-state index contributed by atoms with van der Waals surface area (Å²) in [7, 11) is 1.54. The van der Waals surface area contributed by atoms with Gasteiger partial charge in [0.25, 0.3) is 0 Å². The fraction of sp³-hybridized carbons (Fsp3) is 0.559. The Balaban J connectivity index is 1.41. The third kappa shape index (κ3) is 5.59. The van der Waals surface area contributed by atoms with Crippen LogP contribution in [0.4, 0.5) is 5.69 Å². The number of phenolic OH excluding ortho intramolecular Hbond substituents is 2. The Hall–Kier alpha value is -3.47. The summed E-state index contributed by atoms with van der Waals surface area (Å²) in [5.41, 5.74) is -2.81. The molecule has 0 radical (unpaired) electrons. The lowest BCUT2D eigenvalue weighted by Gasteiger charge is -2.49. The van der Waals surface area contributed by atoms with E-state index in [1.807, 2.05) is 6.92 Å². The van der Waals surface area contributed by atoms with Crippen LogP contribution in [0.5, 0.6) is 11.5 Å². The first-order valence-electron chi connectivity index (χ1n) is 16.1. The van der Waals surface area contributed by atoms with Gasteiger partial charge >= 0.3 is 0 Å². The van der Waals surface area contributed by atoms with Crippen molar-refractivity contribution < 1.29 is 58.9 Å². The molecule has 4 aliphatic rings. The van der Waals surface area contributed by atoms with Crippen molar-refractivity contribution in [2.75, 3.05) is 38.7 Å². The van der Waals surface area contributed by atoms with Gasteiger partial charge in [-0.1, -0.05) is 12.1 Å². The number of nitrogens with zero attached hydrogens (tertiary/aromatic N) is 1. The second kappa shape index (κ2) is 13.1. The van der Waals surface area contributed by atoms with E-state index in [-0.39, 0.29) is 60.0 Å². The number of nitrogens with one attached hydrogen (secondary N) is 1. The molecule has 0 saturated carbocycles. The molecule has 0 unspecified atom stereocenters. The van der Waals surface area contributed by atoms with E-state index >= 15 is 0 Å². The Morgan fingerprint density at radius 3 is 2.54 bits per heavy atom. The van der Waals surface area contributed by atoms with Crippen LogP contribution in [0.25, 0.3) is 0 Å². The third-order valence-electron chi connectivity index (χ3n) is 10.2. The quantitative estimate of drug-likeness (QED) is 0.186. The summed E-state index contributed by atoms with van der Waals surface area (Å²) < 4.78 is 23.7. The van der Waals surface area contributed by atoms with Gasteiger partial charge in [-0.15, -0.1) is 0 Å². The largest absolute Gasteiger partial charge is 0.507 e. The Morgan fingerprint density at radius 1 is 1.12 bits per heavy atom. The van der Waals surface area contributed by atoms with Crippen LogP contribution in [0.3, 0.4) is 0 Å². The average molecular weight is 671 g/mol. The number of fused-ring (bicyclic) bond motifs is 3. The van der Waals surface area contributed by atoms with Crippen LogP contribution in [0.1, 0.15) is 82.7 Å². The van der Waals surface area contributed by atoms with Crippen molar-refractivity contribution >= 4 is 23.0 Å². The number of carbonyl (C=O) groups is 3. The molecule has 0 bridgehead atoms. The molecule has 14 heteroatoms. The molecule has 2 aromatic rings. The fourth-order valence-electron chi connectivity index (χ4n) is 7.64. The molecular formula is C34H42N2O12. The van der Waals surface area contributed by atoms with Crippen LogP contribution in [0.15, 0.2) is 18.2 Å². The monoisotopic (exact) mass is 670 g/mol. The predicted octanol–water partition coefficient (Wildman–Crippen LogP) is 1.16. The highest BCUT2D eigenvalue weighted by atomic mass is 16.7. The van der Waals surface area contributed by atoms with E-state index in [4.69, 9.17) is 18.9 Å². The highest BCUT2D eigenvalue weighted by Crippen LogP contribution is 2.52. The van der Waals surface area contributed by atoms with Crippen LogP contribution >= 0.6 is 0 Å². The van der Waals surface area contributed by atoms with Gasteiger partial charge in [0.2, 0.25) is 0 Å². The van der Waals surface area contributed by atoms with Crippen LogP contribution in [0.2, 0.25) is 0 Å². The molecule has 0 aromatic heterocycles. The van der Waals surface area contributed by atoms with Crippen LogP contribution in [-0.4, -0.2) is 124 Å². The zero-order valence-electron chi connectivity index (χ0n) is 27.3. The fourth-order valence-corrected chi connectivity index (χ4v) is 7.64. The zero-order valence-corrected chi connectivity index (χ0v) is 27.3. The Kier molecular flexibility index (Phi) is 9.39. The molecule has 260 valence electrons. The van der Waals surface area contributed by atoms with Gasteiger partial charge in [0.05, 0.1) is 54.3 Å². The lowest BCUT2D eigenvalue weighted by molar-refractivity contribution is -0.273. The number of ketones is 3. The van der Waals surface area contributed by atoms with Gasteiger partial charge in [-0.25, -0.2) is 0 Å². The van der Waals surface area contributed by atoms with Gasteiger partial charge in [-0.05, 0) is 26.8 Å². The van der Waals surface area contributed by atoms with Gasteiger partial charge in [-0.2, -0.15) is 0 Å². The summed E-state index contributed by atoms with van der Waals surface area (Å²) >= 11 is 0. The molecule has 2 aromatic carbocycles. The maximum atomic E-state index is 14.1. The number of morpholine rings is 1. The van der Waals surface area contributed by atoms with Gasteiger partial charge < -0.3 is 49.8 Å². The molecule has 2 aliphatic heterocycles. The minimum atomic E-state index is -2.04. The van der Waals surface area contributed by atoms with Crippen molar-refractivity contribution in [1.29, 1.82) is 0 Å². The van der Waals surface area contributed by atoms with Gasteiger partial charge in [0.15, 0.2) is 29.9 Å². The number of rotatable bonds is 8. The van der Waals surface area contributed by atoms with Crippen LogP contribution < -0.4 is 5.32 Å². The Bertz CT molecular complexity index is 1630. The molecule has 0 amide bonds. The smallest absolute Gasteiger partial charge is 0.200 e. The first kappa shape index (κ1) is 34.4. The van der Waals surface area contributed by atoms with Crippen molar-refractivity contribution in [1.82, 2.24) is 4.90 Å². The van der Waals surface area contributed by atoms with E-state index in [1.54, 1.807) is 26.2 Å². The number of methoxy groups -OCH3 is 1. The molecule has 2 fully saturated rings. The molecule has 48 heavy (non-hydrogen) atoms. The Labute approximate surface area is 277 Å². The number of benzene rings is 2. The molecule has 8 atom stereocenters. The lowest BCUT2D eigenvalue weighted by atomic mass is 9.72. The maximum absolute atomic E-state index is 14.1. The second-order valence-corrected chi connectivity index (χ2v) is 13.0. The number of hydrogen-bond donors (Lipinski definition) is 6. The Morgan fingerprint density at radius 2 is 1.85 bits per heavy atom. The second-order valence-electron chi connectivity index (χ2n) is 13.0. The minimum absolute atomic E-state index is 0.0159. The highest BCUT2D eigenvalue weighted by Gasteiger charge is 2.50. The van der Waals surface area contributed by atoms with Crippen LogP contribution in [0, 0.1) is 0 Å². The summed E-state index contributed by atoms with van der Waals surface area (Å²) in [6.45, 7) is 5.54. The number of aliphatic hydroxyl groups excluding tert-OH is 2. The average Bonchev–Trinajstić information content (AvgIpc) is 3.05. The molecule has 14 nitrogen and oxygen atoms in total. The molecule has 6 N–H and O–H groups in total. The van der Waals surface area contributed by atoms with E-state index in [9.17, 15) is 39.9 Å². The van der Waals surface area contributed by atoms with Crippen molar-refractivity contribution in [3.63, 3.8) is 0 Å². The number of ether oxygens (including phenoxy) is 4. The van der Waals surface area contributed by atoms with Gasteiger partial charge in [0, 0.05) is 67.9 Å². The standard InChI is InChI=1S/C34H42N2O12/c1-15-33(45-4)46-11-9-36(15)21-12-23(47-16(2)28(21)39)48-22-14-34(44,17(3)38)13-19-25(22)32(43)27-26(30(19)41)29(40)18-6-5-7-20(35-8-10-37)24(18)31(27)42/h5-7,15-16,21-23,28,33,35,37,39,41,43-44H,8-14H2,1-4H3/t15-,16+,21+,22+,23+,28-,33+,34+/m1/s1. The van der Waals surface area contributed by atoms with Gasteiger partial charge in [0.1, 0.15) is 17.1 Å². The number of Topliss-reactive ketones (excluding diaryl/α,β-unsaturated/α-hetero) is 1. The van der Waals surface area contributed by atoms with E-state index in [0.717, 1.165) is 0 Å². The predicted molar refractivity (Wildman–Crippen MR) is 168 cm³/mol. The minimum Gasteiger partial charge on any atom is -0.507 e. The summed E-state index contributed by atoms with van der Waals surface area (Å²) in [6, 6.07) is 3.85. The normalized spacial score (nSPS) is 31.9. The van der Waals surface area contributed by atoms with Crippen molar-refractivity contribution in [3.05, 3.63) is 51.6 Å². The topological polar surface area (TPSA) is 205 Å². The van der Waals surface area contributed by atoms with E-state index < -0.39 is 88.9 Å². The number of hydrogen-bond acceptors (Lipinski definition) is 14. The molecule has 2 heterocycles. The molecular weight excluding hydrogens is 628 g/mol. The number of phenols is 2. The zero-order chi connectivity index (χ0) is 34.7. The van der Waals surface area contributed by atoms with Crippen LogP contribution in [-0.2, 0) is 30.2 Å². The van der Waals surface area contributed by atoms with E-state index in [0.29, 0.717) is 13.2 Å². The molecule has 0 spiro atoms. The van der Waals surface area contributed by atoms with E-state index in [2.05, 4.69) is 10.2 Å². The highest BCUT2D eigenvalue weighted by molar-refractivity contribution is 6.32. The van der Waals surface area contributed by atoms with Gasteiger partial charge in [-0.3, -0.25) is 19.3 Å². The first-order valence-corrected chi connectivity index (χ1v) is 16.1. The molecule has 6 rings (SSSR count). The summed E-state index contributed by atoms with van der Waals surface area (Å²) in [5, 5.41) is 58.4. The maximum Gasteiger partial charge on any atom is 0.200 e. The molecule has 2 aliphatic carbocycles. The number of carbonyl (C=O) groups excluding carboxylic acids is 3. The SMILES string of the molecule is CO[C@H]1OCCN([C@H]2C[C@H](O[C@H]3C[C@](O)(C(C)=O)Cc4c(O)c5c(c(O)c43)C(=O)c3c(NCCO)cccc3C5=O)O[C@@H](C)[C@H]2O)[C@@H]1C.